The maximum absolute atomic E-state index is 12.8. The molecule has 1 atom stereocenters. The highest BCUT2D eigenvalue weighted by Gasteiger charge is 2.32. The van der Waals surface area contributed by atoms with E-state index in [2.05, 4.69) is 5.32 Å². The fraction of sp³-hybridized carbons (Fsp3) is 0.824. The molecule has 2 fully saturated rings. The number of carbonyl (C=O) groups is 3. The van der Waals surface area contributed by atoms with Crippen molar-refractivity contribution < 1.29 is 19.1 Å². The number of thioether (sulfide) groups is 1. The number of amides is 2. The highest BCUT2D eigenvalue weighted by atomic mass is 32.2. The summed E-state index contributed by atoms with van der Waals surface area (Å²) in [6.45, 7) is 6.12. The molecule has 24 heavy (non-hydrogen) atoms. The van der Waals surface area contributed by atoms with Crippen LogP contribution in [0.2, 0.25) is 0 Å². The molecule has 2 rings (SSSR count). The van der Waals surface area contributed by atoms with Gasteiger partial charge in [0.1, 0.15) is 17.4 Å². The van der Waals surface area contributed by atoms with Crippen molar-refractivity contribution in [2.45, 2.75) is 64.5 Å². The molecule has 2 aliphatic rings. The number of hydrogen-bond donors (Lipinski definition) is 1. The van der Waals surface area contributed by atoms with Crippen LogP contribution in [0.25, 0.3) is 0 Å². The Morgan fingerprint density at radius 2 is 2.00 bits per heavy atom. The quantitative estimate of drug-likeness (QED) is 0.838. The van der Waals surface area contributed by atoms with Gasteiger partial charge in [-0.1, -0.05) is 0 Å². The van der Waals surface area contributed by atoms with Crippen LogP contribution in [0.1, 0.15) is 52.9 Å². The van der Waals surface area contributed by atoms with Gasteiger partial charge in [-0.2, -0.15) is 0 Å². The lowest BCUT2D eigenvalue weighted by Crippen LogP contribution is -2.50. The van der Waals surface area contributed by atoms with E-state index in [9.17, 15) is 14.4 Å². The fourth-order valence-electron chi connectivity index (χ4n) is 3.05. The number of ether oxygens (including phenoxy) is 1. The maximum Gasteiger partial charge on any atom is 0.408 e. The van der Waals surface area contributed by atoms with Crippen LogP contribution in [0.4, 0.5) is 4.79 Å². The van der Waals surface area contributed by atoms with Crippen LogP contribution in [-0.2, 0) is 14.3 Å². The molecule has 0 bridgehead atoms. The van der Waals surface area contributed by atoms with Crippen LogP contribution in [0.15, 0.2) is 0 Å². The molecule has 0 aromatic carbocycles. The molecule has 7 heteroatoms. The first-order valence-corrected chi connectivity index (χ1v) is 9.78. The number of carbonyl (C=O) groups excluding carboxylic acids is 3. The first-order chi connectivity index (χ1) is 11.2. The van der Waals surface area contributed by atoms with Gasteiger partial charge in [-0.05, 0) is 46.0 Å². The molecule has 0 spiro atoms. The second kappa shape index (κ2) is 8.23. The Labute approximate surface area is 148 Å². The van der Waals surface area contributed by atoms with Gasteiger partial charge in [0, 0.05) is 25.1 Å². The van der Waals surface area contributed by atoms with Crippen molar-refractivity contribution in [1.82, 2.24) is 10.2 Å². The smallest absolute Gasteiger partial charge is 0.408 e. The molecule has 2 amide bonds. The standard InChI is InChI=1S/C17H28N2O4S/c1-17(2,3)23-16(22)18-14(15(21)19-8-9-24-11-19)10-12-4-6-13(20)7-5-12/h12,14H,4-11H2,1-3H3,(H,18,22). The van der Waals surface area contributed by atoms with Gasteiger partial charge in [0.05, 0.1) is 5.88 Å². The highest BCUT2D eigenvalue weighted by Crippen LogP contribution is 2.27. The number of alkyl carbamates (subject to hydrolysis) is 1. The summed E-state index contributed by atoms with van der Waals surface area (Å²) >= 11 is 1.72. The van der Waals surface area contributed by atoms with E-state index in [-0.39, 0.29) is 5.91 Å². The lowest BCUT2D eigenvalue weighted by molar-refractivity contribution is -0.132. The van der Waals surface area contributed by atoms with Crippen molar-refractivity contribution in [1.29, 1.82) is 0 Å². The van der Waals surface area contributed by atoms with Crippen molar-refractivity contribution in [3.63, 3.8) is 0 Å². The average molecular weight is 356 g/mol. The monoisotopic (exact) mass is 356 g/mol. The molecule has 0 radical (unpaired) electrons. The summed E-state index contributed by atoms with van der Waals surface area (Å²) in [6.07, 6.45) is 2.78. The van der Waals surface area contributed by atoms with Gasteiger partial charge in [0.2, 0.25) is 5.91 Å². The van der Waals surface area contributed by atoms with E-state index in [4.69, 9.17) is 4.74 Å². The lowest BCUT2D eigenvalue weighted by Gasteiger charge is -2.29. The van der Waals surface area contributed by atoms with Crippen molar-refractivity contribution in [2.24, 2.45) is 5.92 Å². The van der Waals surface area contributed by atoms with E-state index >= 15 is 0 Å². The van der Waals surface area contributed by atoms with Gasteiger partial charge in [-0.3, -0.25) is 9.59 Å². The second-order valence-electron chi connectivity index (χ2n) is 7.56. The third-order valence-corrected chi connectivity index (χ3v) is 5.25. The molecule has 1 N–H and O–H groups in total. The summed E-state index contributed by atoms with van der Waals surface area (Å²) < 4.78 is 5.31. The van der Waals surface area contributed by atoms with Crippen LogP contribution in [0, 0.1) is 5.92 Å². The Morgan fingerprint density at radius 1 is 1.33 bits per heavy atom. The van der Waals surface area contributed by atoms with Crippen molar-refractivity contribution >= 4 is 29.5 Å². The molecular formula is C17H28N2O4S. The Balaban J connectivity index is 1.98. The molecule has 1 saturated heterocycles. The van der Waals surface area contributed by atoms with E-state index < -0.39 is 17.7 Å². The maximum atomic E-state index is 12.8. The summed E-state index contributed by atoms with van der Waals surface area (Å²) in [5.74, 6) is 2.16. The lowest BCUT2D eigenvalue weighted by atomic mass is 9.84. The predicted molar refractivity (Wildman–Crippen MR) is 93.8 cm³/mol. The summed E-state index contributed by atoms with van der Waals surface area (Å²) in [4.78, 5) is 38.1. The zero-order chi connectivity index (χ0) is 17.7. The molecule has 1 aliphatic heterocycles. The minimum atomic E-state index is -0.599. The van der Waals surface area contributed by atoms with Gasteiger partial charge in [-0.15, -0.1) is 11.8 Å². The van der Waals surface area contributed by atoms with Crippen LogP contribution in [-0.4, -0.2) is 52.5 Å². The number of ketones is 1. The molecular weight excluding hydrogens is 328 g/mol. The topological polar surface area (TPSA) is 75.7 Å². The normalized spacial score (nSPS) is 20.8. The number of nitrogens with zero attached hydrogens (tertiary/aromatic N) is 1. The molecule has 6 nitrogen and oxygen atoms in total. The van der Waals surface area contributed by atoms with E-state index in [1.54, 1.807) is 37.4 Å². The summed E-state index contributed by atoms with van der Waals surface area (Å²) in [6, 6.07) is -0.572. The Kier molecular flexibility index (Phi) is 6.54. The highest BCUT2D eigenvalue weighted by molar-refractivity contribution is 7.99. The number of hydrogen-bond acceptors (Lipinski definition) is 5. The SMILES string of the molecule is CC(C)(C)OC(=O)NC(CC1CCC(=O)CC1)C(=O)N1CCSC1. The van der Waals surface area contributed by atoms with Gasteiger partial charge in [0.15, 0.2) is 0 Å². The zero-order valence-electron chi connectivity index (χ0n) is 14.8. The van der Waals surface area contributed by atoms with Gasteiger partial charge in [0.25, 0.3) is 0 Å². The van der Waals surface area contributed by atoms with Gasteiger partial charge >= 0.3 is 6.09 Å². The summed E-state index contributed by atoms with van der Waals surface area (Å²) in [5.41, 5.74) is -0.599. The molecule has 1 saturated carbocycles. The molecule has 136 valence electrons. The molecule has 1 heterocycles. The van der Waals surface area contributed by atoms with E-state index in [1.165, 1.54) is 0 Å². The van der Waals surface area contributed by atoms with Crippen LogP contribution < -0.4 is 5.32 Å². The first-order valence-electron chi connectivity index (χ1n) is 8.62. The Morgan fingerprint density at radius 3 is 2.54 bits per heavy atom. The zero-order valence-corrected chi connectivity index (χ0v) is 15.6. The minimum absolute atomic E-state index is 0.0391. The van der Waals surface area contributed by atoms with Gasteiger partial charge in [-0.25, -0.2) is 4.79 Å². The van der Waals surface area contributed by atoms with E-state index in [0.29, 0.717) is 36.8 Å². The van der Waals surface area contributed by atoms with Crippen molar-refractivity contribution in [3.05, 3.63) is 0 Å². The number of Topliss-reactive ketones (excluding diaryl/α,β-unsaturated/α-hetero) is 1. The van der Waals surface area contributed by atoms with Crippen LogP contribution in [0.5, 0.6) is 0 Å². The van der Waals surface area contributed by atoms with Crippen molar-refractivity contribution in [2.75, 3.05) is 18.2 Å². The van der Waals surface area contributed by atoms with Crippen molar-refractivity contribution in [3.8, 4) is 0 Å². The first kappa shape index (κ1) is 19.1. The Bertz CT molecular complexity index is 473. The molecule has 1 unspecified atom stereocenters. The molecule has 1 aliphatic carbocycles. The van der Waals surface area contributed by atoms with E-state index in [0.717, 1.165) is 25.1 Å². The van der Waals surface area contributed by atoms with E-state index in [1.807, 2.05) is 0 Å². The fourth-order valence-corrected chi connectivity index (χ4v) is 4.00. The predicted octanol–water partition coefficient (Wildman–Crippen LogP) is 2.56. The third kappa shape index (κ3) is 6.00. The number of nitrogens with one attached hydrogen (secondary N) is 1. The molecule has 0 aromatic heterocycles. The summed E-state index contributed by atoms with van der Waals surface area (Å²) in [5, 5.41) is 2.76. The molecule has 0 aromatic rings. The Hall–Kier alpha value is -1.24. The third-order valence-electron chi connectivity index (χ3n) is 4.29. The average Bonchev–Trinajstić information content (AvgIpc) is 3.00. The largest absolute Gasteiger partial charge is 0.444 e. The number of rotatable bonds is 4. The van der Waals surface area contributed by atoms with Crippen LogP contribution in [0.3, 0.4) is 0 Å². The second-order valence-corrected chi connectivity index (χ2v) is 8.63. The summed E-state index contributed by atoms with van der Waals surface area (Å²) in [7, 11) is 0. The van der Waals surface area contributed by atoms with Gasteiger partial charge < -0.3 is 15.0 Å². The van der Waals surface area contributed by atoms with Crippen LogP contribution >= 0.6 is 11.8 Å². The minimum Gasteiger partial charge on any atom is -0.444 e.